The topological polar surface area (TPSA) is 35.5 Å². The second kappa shape index (κ2) is 10.6. The molecule has 0 N–H and O–H groups in total. The number of ether oxygens (including phenoxy) is 2. The summed E-state index contributed by atoms with van der Waals surface area (Å²) < 4.78 is 52.1. The smallest absolute Gasteiger partial charge is 0.395 e. The number of hydrogen-bond donors (Lipinski definition) is 0. The van der Waals surface area contributed by atoms with Crippen LogP contribution in [-0.4, -0.2) is 25.4 Å². The zero-order valence-electron chi connectivity index (χ0n) is 19.0. The average Bonchev–Trinajstić information content (AvgIpc) is 3.19. The number of benzene rings is 2. The van der Waals surface area contributed by atoms with Crippen LogP contribution in [0.4, 0.5) is 13.2 Å². The summed E-state index contributed by atoms with van der Waals surface area (Å²) in [6.45, 7) is 5.78. The number of carbonyl (C=O) groups excluding carboxylic acids is 1. The van der Waals surface area contributed by atoms with Crippen molar-refractivity contribution in [2.45, 2.75) is 52.6 Å². The van der Waals surface area contributed by atoms with Gasteiger partial charge < -0.3 is 9.47 Å². The molecule has 0 spiro atoms. The van der Waals surface area contributed by atoms with E-state index in [1.807, 2.05) is 19.9 Å². The van der Waals surface area contributed by atoms with Crippen molar-refractivity contribution in [3.05, 3.63) is 69.2 Å². The van der Waals surface area contributed by atoms with Gasteiger partial charge in [-0.2, -0.15) is 13.2 Å². The third-order valence-electron chi connectivity index (χ3n) is 6.22. The van der Waals surface area contributed by atoms with E-state index < -0.39 is 12.1 Å². The van der Waals surface area contributed by atoms with Gasteiger partial charge in [-0.05, 0) is 91.6 Å². The molecule has 178 valence electrons. The van der Waals surface area contributed by atoms with Crippen LogP contribution >= 0.6 is 11.6 Å². The Hall–Kier alpha value is -2.47. The maximum absolute atomic E-state index is 13.7. The number of rotatable bonds is 8. The lowest BCUT2D eigenvalue weighted by Crippen LogP contribution is -2.25. The van der Waals surface area contributed by atoms with E-state index in [0.29, 0.717) is 35.8 Å². The van der Waals surface area contributed by atoms with Gasteiger partial charge in [-0.3, -0.25) is 4.79 Å². The van der Waals surface area contributed by atoms with Crippen molar-refractivity contribution in [2.24, 2.45) is 5.92 Å². The third-order valence-corrected chi connectivity index (χ3v) is 6.47. The number of esters is 1. The molecule has 0 saturated carbocycles. The number of allylic oxidation sites excluding steroid dienone is 1. The van der Waals surface area contributed by atoms with Crippen LogP contribution in [0.5, 0.6) is 5.75 Å². The van der Waals surface area contributed by atoms with Gasteiger partial charge in [0, 0.05) is 11.4 Å². The van der Waals surface area contributed by atoms with Crippen LogP contribution in [0, 0.1) is 19.8 Å². The SMILES string of the molecule is CCOC(=O)CCc1ccc(OCC2=C(c3ccc(Cl)cc3)CCC2C(F)(F)F)c(C)c1C. The number of hydrogen-bond acceptors (Lipinski definition) is 3. The minimum absolute atomic E-state index is 0.0188. The Morgan fingerprint density at radius 2 is 1.79 bits per heavy atom. The van der Waals surface area contributed by atoms with Crippen LogP contribution in [0.15, 0.2) is 42.0 Å². The van der Waals surface area contributed by atoms with Gasteiger partial charge in [-0.25, -0.2) is 0 Å². The van der Waals surface area contributed by atoms with E-state index in [0.717, 1.165) is 22.3 Å². The van der Waals surface area contributed by atoms with Crippen molar-refractivity contribution in [3.63, 3.8) is 0 Å². The fourth-order valence-corrected chi connectivity index (χ4v) is 4.39. The summed E-state index contributed by atoms with van der Waals surface area (Å²) >= 11 is 5.95. The Labute approximate surface area is 197 Å². The quantitative estimate of drug-likeness (QED) is 0.373. The van der Waals surface area contributed by atoms with Gasteiger partial charge in [0.2, 0.25) is 0 Å². The van der Waals surface area contributed by atoms with Gasteiger partial charge in [0.1, 0.15) is 12.4 Å². The zero-order valence-corrected chi connectivity index (χ0v) is 19.8. The average molecular weight is 481 g/mol. The summed E-state index contributed by atoms with van der Waals surface area (Å²) in [4.78, 5) is 11.7. The molecule has 0 radical (unpaired) electrons. The Morgan fingerprint density at radius 1 is 1.09 bits per heavy atom. The van der Waals surface area contributed by atoms with Crippen LogP contribution in [0.1, 0.15) is 48.4 Å². The Bertz CT molecular complexity index is 1030. The molecule has 1 aliphatic carbocycles. The van der Waals surface area contributed by atoms with Crippen LogP contribution < -0.4 is 4.74 Å². The van der Waals surface area contributed by atoms with Crippen LogP contribution in [0.3, 0.4) is 0 Å². The molecule has 2 aromatic rings. The van der Waals surface area contributed by atoms with Gasteiger partial charge in [0.25, 0.3) is 0 Å². The lowest BCUT2D eigenvalue weighted by atomic mass is 9.97. The first-order chi connectivity index (χ1) is 15.6. The summed E-state index contributed by atoms with van der Waals surface area (Å²) in [5.74, 6) is -1.23. The van der Waals surface area contributed by atoms with E-state index in [-0.39, 0.29) is 31.0 Å². The Balaban J connectivity index is 1.81. The van der Waals surface area contributed by atoms with Crippen LogP contribution in [0.2, 0.25) is 5.02 Å². The van der Waals surface area contributed by atoms with Crippen molar-refractivity contribution in [3.8, 4) is 5.75 Å². The predicted molar refractivity (Wildman–Crippen MR) is 124 cm³/mol. The lowest BCUT2D eigenvalue weighted by molar-refractivity contribution is -0.164. The highest BCUT2D eigenvalue weighted by Crippen LogP contribution is 2.46. The minimum Gasteiger partial charge on any atom is -0.489 e. The van der Waals surface area contributed by atoms with E-state index in [2.05, 4.69) is 0 Å². The fourth-order valence-electron chi connectivity index (χ4n) is 4.27. The van der Waals surface area contributed by atoms with Crippen molar-refractivity contribution >= 4 is 23.1 Å². The van der Waals surface area contributed by atoms with Crippen molar-refractivity contribution in [1.82, 2.24) is 0 Å². The normalized spacial score (nSPS) is 16.3. The molecule has 0 aromatic heterocycles. The number of alkyl halides is 3. The van der Waals surface area contributed by atoms with E-state index >= 15 is 0 Å². The maximum atomic E-state index is 13.7. The molecule has 2 aromatic carbocycles. The number of halogens is 4. The summed E-state index contributed by atoms with van der Waals surface area (Å²) in [7, 11) is 0. The molecule has 3 nitrogen and oxygen atoms in total. The van der Waals surface area contributed by atoms with E-state index in [1.54, 1.807) is 37.3 Å². The summed E-state index contributed by atoms with van der Waals surface area (Å²) in [5.41, 5.74) is 4.49. The van der Waals surface area contributed by atoms with Gasteiger partial charge in [0.05, 0.1) is 12.5 Å². The molecule has 0 bridgehead atoms. The fraction of sp³-hybridized carbons (Fsp3) is 0.423. The monoisotopic (exact) mass is 480 g/mol. The summed E-state index contributed by atoms with van der Waals surface area (Å²) in [6, 6.07) is 10.5. The molecule has 1 unspecified atom stereocenters. The van der Waals surface area contributed by atoms with Crippen LogP contribution in [0.25, 0.3) is 5.57 Å². The van der Waals surface area contributed by atoms with E-state index in [9.17, 15) is 18.0 Å². The van der Waals surface area contributed by atoms with Crippen LogP contribution in [-0.2, 0) is 16.0 Å². The molecule has 0 heterocycles. The van der Waals surface area contributed by atoms with Gasteiger partial charge in [-0.1, -0.05) is 29.8 Å². The van der Waals surface area contributed by atoms with Gasteiger partial charge in [0.15, 0.2) is 0 Å². The number of carbonyl (C=O) groups is 1. The molecule has 0 amide bonds. The summed E-state index contributed by atoms with van der Waals surface area (Å²) in [6.07, 6.45) is -3.15. The van der Waals surface area contributed by atoms with Crippen molar-refractivity contribution in [2.75, 3.05) is 13.2 Å². The Morgan fingerprint density at radius 3 is 2.42 bits per heavy atom. The van der Waals surface area contributed by atoms with Crippen molar-refractivity contribution in [1.29, 1.82) is 0 Å². The molecule has 7 heteroatoms. The molecule has 0 fully saturated rings. The molecule has 0 aliphatic heterocycles. The first-order valence-electron chi connectivity index (χ1n) is 11.0. The molecule has 3 rings (SSSR count). The first-order valence-corrected chi connectivity index (χ1v) is 11.4. The number of aryl methyl sites for hydroxylation is 1. The third kappa shape index (κ3) is 6.11. The molecule has 33 heavy (non-hydrogen) atoms. The second-order valence-electron chi connectivity index (χ2n) is 8.21. The van der Waals surface area contributed by atoms with Gasteiger partial charge in [-0.15, -0.1) is 0 Å². The lowest BCUT2D eigenvalue weighted by Gasteiger charge is -2.21. The largest absolute Gasteiger partial charge is 0.489 e. The maximum Gasteiger partial charge on any atom is 0.395 e. The highest BCUT2D eigenvalue weighted by molar-refractivity contribution is 6.30. The van der Waals surface area contributed by atoms with Crippen molar-refractivity contribution < 1.29 is 27.4 Å². The first kappa shape index (κ1) is 25.2. The van der Waals surface area contributed by atoms with E-state index in [4.69, 9.17) is 21.1 Å². The van der Waals surface area contributed by atoms with Gasteiger partial charge >= 0.3 is 12.1 Å². The molecule has 0 saturated heterocycles. The predicted octanol–water partition coefficient (Wildman–Crippen LogP) is 7.26. The molecule has 1 aliphatic rings. The summed E-state index contributed by atoms with van der Waals surface area (Å²) in [5, 5.41) is 0.539. The standard InChI is InChI=1S/C26H28ClF3O3/c1-4-32-25(31)14-8-18-7-13-24(17(3)16(18)2)33-15-22-21(11-12-23(22)26(28,29)30)19-5-9-20(27)10-6-19/h5-7,9-10,13,23H,4,8,11-12,14-15H2,1-3H3. The second-order valence-corrected chi connectivity index (χ2v) is 8.65. The van der Waals surface area contributed by atoms with E-state index in [1.165, 1.54) is 0 Å². The highest BCUT2D eigenvalue weighted by atomic mass is 35.5. The molecular weight excluding hydrogens is 453 g/mol. The molecule has 1 atom stereocenters. The minimum atomic E-state index is -4.32. The zero-order chi connectivity index (χ0) is 24.2. The molecular formula is C26H28ClF3O3. The highest BCUT2D eigenvalue weighted by Gasteiger charge is 2.45. The Kier molecular flexibility index (Phi) is 8.11.